The molecule has 0 saturated carbocycles. The van der Waals surface area contributed by atoms with Crippen LogP contribution in [0.4, 0.5) is 5.69 Å². The van der Waals surface area contributed by atoms with Gasteiger partial charge in [0.15, 0.2) is 11.5 Å². The molecule has 1 N–H and O–H groups in total. The molecule has 4 rings (SSSR count). The lowest BCUT2D eigenvalue weighted by Gasteiger charge is -2.08. The molecule has 20 heavy (non-hydrogen) atoms. The molecule has 5 heteroatoms. The van der Waals surface area contributed by atoms with Crippen molar-refractivity contribution in [2.24, 2.45) is 0 Å². The van der Waals surface area contributed by atoms with Crippen LogP contribution >= 0.6 is 0 Å². The van der Waals surface area contributed by atoms with E-state index < -0.39 is 0 Å². The van der Waals surface area contributed by atoms with E-state index in [9.17, 15) is 0 Å². The van der Waals surface area contributed by atoms with E-state index >= 15 is 0 Å². The van der Waals surface area contributed by atoms with Gasteiger partial charge in [0.05, 0.1) is 5.69 Å². The Morgan fingerprint density at radius 3 is 3.05 bits per heavy atom. The van der Waals surface area contributed by atoms with Crippen LogP contribution in [0.2, 0.25) is 0 Å². The lowest BCUT2D eigenvalue weighted by molar-refractivity contribution is 0.682. The van der Waals surface area contributed by atoms with Crippen molar-refractivity contribution in [3.63, 3.8) is 0 Å². The molecule has 1 unspecified atom stereocenters. The standard InChI is InChI=1S/C15H15N5/c1-10-6-7-14-17-18-15(20(14)19-10)8-11-9-16-13-5-3-2-4-12(11)13/h2-7,11,16H,8-9H2,1H3. The zero-order valence-corrected chi connectivity index (χ0v) is 11.2. The van der Waals surface area contributed by atoms with Gasteiger partial charge in [0, 0.05) is 24.6 Å². The van der Waals surface area contributed by atoms with Crippen molar-refractivity contribution in [2.45, 2.75) is 19.3 Å². The van der Waals surface area contributed by atoms with Crippen molar-refractivity contribution in [3.8, 4) is 0 Å². The number of para-hydroxylation sites is 1. The minimum Gasteiger partial charge on any atom is -0.384 e. The number of aryl methyl sites for hydroxylation is 1. The monoisotopic (exact) mass is 265 g/mol. The van der Waals surface area contributed by atoms with Gasteiger partial charge >= 0.3 is 0 Å². The Morgan fingerprint density at radius 2 is 2.10 bits per heavy atom. The molecular formula is C15H15N5. The molecule has 0 radical (unpaired) electrons. The van der Waals surface area contributed by atoms with Crippen LogP contribution < -0.4 is 5.32 Å². The first-order valence-corrected chi connectivity index (χ1v) is 6.82. The summed E-state index contributed by atoms with van der Waals surface area (Å²) in [5.41, 5.74) is 4.38. The fraction of sp³-hybridized carbons (Fsp3) is 0.267. The Hall–Kier alpha value is -2.43. The number of nitrogens with one attached hydrogen (secondary N) is 1. The predicted octanol–water partition coefficient (Wildman–Crippen LogP) is 2.18. The Kier molecular flexibility index (Phi) is 2.45. The molecule has 1 atom stereocenters. The van der Waals surface area contributed by atoms with Crippen LogP contribution in [-0.4, -0.2) is 26.4 Å². The topological polar surface area (TPSA) is 55.1 Å². The van der Waals surface area contributed by atoms with Gasteiger partial charge in [0.1, 0.15) is 0 Å². The summed E-state index contributed by atoms with van der Waals surface area (Å²) in [6.45, 7) is 2.93. The van der Waals surface area contributed by atoms with Gasteiger partial charge in [0.2, 0.25) is 0 Å². The zero-order valence-electron chi connectivity index (χ0n) is 11.2. The molecule has 0 amide bonds. The third kappa shape index (κ3) is 1.74. The second-order valence-corrected chi connectivity index (χ2v) is 5.23. The van der Waals surface area contributed by atoms with Crippen molar-refractivity contribution in [2.75, 3.05) is 11.9 Å². The lowest BCUT2D eigenvalue weighted by atomic mass is 9.98. The number of anilines is 1. The van der Waals surface area contributed by atoms with Gasteiger partial charge in [-0.2, -0.15) is 9.61 Å². The molecule has 0 saturated heterocycles. The van der Waals surface area contributed by atoms with E-state index in [1.54, 1.807) is 0 Å². The van der Waals surface area contributed by atoms with E-state index in [-0.39, 0.29) is 0 Å². The highest BCUT2D eigenvalue weighted by Gasteiger charge is 2.23. The Labute approximate surface area is 116 Å². The van der Waals surface area contributed by atoms with E-state index in [1.165, 1.54) is 11.3 Å². The molecule has 3 heterocycles. The summed E-state index contributed by atoms with van der Waals surface area (Å²) in [7, 11) is 0. The van der Waals surface area contributed by atoms with E-state index in [0.717, 1.165) is 30.1 Å². The second-order valence-electron chi connectivity index (χ2n) is 5.23. The molecule has 0 bridgehead atoms. The highest BCUT2D eigenvalue weighted by molar-refractivity contribution is 5.57. The summed E-state index contributed by atoms with van der Waals surface area (Å²) >= 11 is 0. The van der Waals surface area contributed by atoms with Crippen LogP contribution in [0.25, 0.3) is 5.65 Å². The molecule has 1 aromatic carbocycles. The van der Waals surface area contributed by atoms with Crippen LogP contribution in [0.3, 0.4) is 0 Å². The van der Waals surface area contributed by atoms with Gasteiger partial charge in [0.25, 0.3) is 0 Å². The molecule has 0 aliphatic carbocycles. The average Bonchev–Trinajstić information content (AvgIpc) is 3.05. The third-order valence-corrected chi connectivity index (χ3v) is 3.83. The summed E-state index contributed by atoms with van der Waals surface area (Å²) in [6, 6.07) is 12.4. The van der Waals surface area contributed by atoms with Gasteiger partial charge in [-0.15, -0.1) is 10.2 Å². The largest absolute Gasteiger partial charge is 0.384 e. The molecule has 1 aliphatic rings. The van der Waals surface area contributed by atoms with Crippen molar-refractivity contribution < 1.29 is 0 Å². The molecule has 2 aromatic heterocycles. The van der Waals surface area contributed by atoms with Crippen molar-refractivity contribution >= 4 is 11.3 Å². The Balaban J connectivity index is 1.70. The minimum atomic E-state index is 0.431. The first kappa shape index (κ1) is 11.4. The highest BCUT2D eigenvalue weighted by Crippen LogP contribution is 2.32. The van der Waals surface area contributed by atoms with Crippen LogP contribution in [0.1, 0.15) is 23.0 Å². The number of rotatable bonds is 2. The molecule has 0 spiro atoms. The summed E-state index contributed by atoms with van der Waals surface area (Å²) in [5, 5.41) is 16.4. The number of hydrogen-bond donors (Lipinski definition) is 1. The first-order valence-electron chi connectivity index (χ1n) is 6.82. The Morgan fingerprint density at radius 1 is 1.20 bits per heavy atom. The lowest BCUT2D eigenvalue weighted by Crippen LogP contribution is -2.09. The van der Waals surface area contributed by atoms with Gasteiger partial charge < -0.3 is 5.32 Å². The quantitative estimate of drug-likeness (QED) is 0.771. The Bertz CT molecular complexity index is 777. The van der Waals surface area contributed by atoms with Crippen molar-refractivity contribution in [1.29, 1.82) is 0 Å². The van der Waals surface area contributed by atoms with Crippen molar-refractivity contribution in [1.82, 2.24) is 19.8 Å². The maximum Gasteiger partial charge on any atom is 0.177 e. The van der Waals surface area contributed by atoms with E-state index in [0.29, 0.717) is 5.92 Å². The second kappa shape index (κ2) is 4.30. The molecule has 100 valence electrons. The number of hydrogen-bond acceptors (Lipinski definition) is 4. The summed E-state index contributed by atoms with van der Waals surface area (Å²) in [5.74, 6) is 1.35. The summed E-state index contributed by atoms with van der Waals surface area (Å²) in [6.07, 6.45) is 0.849. The summed E-state index contributed by atoms with van der Waals surface area (Å²) in [4.78, 5) is 0. The van der Waals surface area contributed by atoms with E-state index in [1.807, 2.05) is 23.6 Å². The van der Waals surface area contributed by atoms with Crippen LogP contribution in [0, 0.1) is 6.92 Å². The third-order valence-electron chi connectivity index (χ3n) is 3.83. The number of fused-ring (bicyclic) bond motifs is 2. The molecular weight excluding hydrogens is 250 g/mol. The number of nitrogens with zero attached hydrogens (tertiary/aromatic N) is 4. The van der Waals surface area contributed by atoms with Gasteiger partial charge in [-0.05, 0) is 30.7 Å². The van der Waals surface area contributed by atoms with Crippen LogP contribution in [-0.2, 0) is 6.42 Å². The van der Waals surface area contributed by atoms with Crippen LogP contribution in [0.5, 0.6) is 0 Å². The fourth-order valence-corrected chi connectivity index (χ4v) is 2.81. The van der Waals surface area contributed by atoms with E-state index in [4.69, 9.17) is 0 Å². The predicted molar refractivity (Wildman–Crippen MR) is 76.9 cm³/mol. The normalized spacial score (nSPS) is 17.1. The number of aromatic nitrogens is 4. The average molecular weight is 265 g/mol. The van der Waals surface area contributed by atoms with Gasteiger partial charge in [-0.3, -0.25) is 0 Å². The van der Waals surface area contributed by atoms with Gasteiger partial charge in [-0.25, -0.2) is 0 Å². The first-order chi connectivity index (χ1) is 9.81. The van der Waals surface area contributed by atoms with Crippen molar-refractivity contribution in [3.05, 3.63) is 53.5 Å². The molecule has 1 aliphatic heterocycles. The maximum atomic E-state index is 4.50. The maximum absolute atomic E-state index is 4.50. The van der Waals surface area contributed by atoms with Gasteiger partial charge in [-0.1, -0.05) is 18.2 Å². The highest BCUT2D eigenvalue weighted by atomic mass is 15.4. The minimum absolute atomic E-state index is 0.431. The smallest absolute Gasteiger partial charge is 0.177 e. The van der Waals surface area contributed by atoms with Crippen LogP contribution in [0.15, 0.2) is 36.4 Å². The molecule has 3 aromatic rings. The fourth-order valence-electron chi connectivity index (χ4n) is 2.81. The molecule has 5 nitrogen and oxygen atoms in total. The SMILES string of the molecule is Cc1ccc2nnc(CC3CNc4ccccc43)n2n1. The number of benzene rings is 1. The zero-order chi connectivity index (χ0) is 13.5. The summed E-state index contributed by atoms with van der Waals surface area (Å²) < 4.78 is 1.86. The molecule has 0 fully saturated rings. The van der Waals surface area contributed by atoms with E-state index in [2.05, 4.69) is 44.9 Å².